The van der Waals surface area contributed by atoms with Crippen molar-refractivity contribution in [2.45, 2.75) is 23.7 Å². The Balaban J connectivity index is 1.93. The van der Waals surface area contributed by atoms with E-state index in [1.54, 1.807) is 25.4 Å². The zero-order valence-electron chi connectivity index (χ0n) is 12.4. The van der Waals surface area contributed by atoms with Crippen molar-refractivity contribution in [1.29, 1.82) is 0 Å². The molecule has 0 bridgehead atoms. The van der Waals surface area contributed by atoms with E-state index >= 15 is 0 Å². The molecule has 1 atom stereocenters. The second-order valence-corrected chi connectivity index (χ2v) is 6.32. The van der Waals surface area contributed by atoms with Crippen molar-refractivity contribution in [1.82, 2.24) is 10.3 Å². The van der Waals surface area contributed by atoms with Gasteiger partial charge in [0, 0.05) is 18.3 Å². The van der Waals surface area contributed by atoms with E-state index in [-0.39, 0.29) is 11.2 Å². The molecule has 2 rings (SSSR count). The molecule has 0 fully saturated rings. The first-order chi connectivity index (χ1) is 10.6. The lowest BCUT2D eigenvalue weighted by Gasteiger charge is -2.13. The van der Waals surface area contributed by atoms with Crippen LogP contribution in [0, 0.1) is 0 Å². The smallest absolute Gasteiger partial charge is 0.233 e. The molecule has 0 saturated carbocycles. The number of pyridine rings is 1. The lowest BCUT2D eigenvalue weighted by molar-refractivity contribution is -0.120. The second kappa shape index (κ2) is 8.06. The number of methoxy groups -OCH3 is 1. The minimum atomic E-state index is -0.290. The van der Waals surface area contributed by atoms with E-state index in [0.29, 0.717) is 16.6 Å². The van der Waals surface area contributed by atoms with E-state index < -0.39 is 0 Å². The van der Waals surface area contributed by atoms with Crippen LogP contribution >= 0.6 is 23.4 Å². The van der Waals surface area contributed by atoms with Crippen molar-refractivity contribution in [2.75, 3.05) is 7.11 Å². The van der Waals surface area contributed by atoms with E-state index in [1.807, 2.05) is 31.2 Å². The maximum Gasteiger partial charge on any atom is 0.233 e. The van der Waals surface area contributed by atoms with E-state index in [0.717, 1.165) is 11.3 Å². The minimum absolute atomic E-state index is 0.0716. The third-order valence-electron chi connectivity index (χ3n) is 3.03. The van der Waals surface area contributed by atoms with Gasteiger partial charge in [-0.25, -0.2) is 4.98 Å². The molecule has 22 heavy (non-hydrogen) atoms. The highest BCUT2D eigenvalue weighted by atomic mass is 35.5. The van der Waals surface area contributed by atoms with Crippen LogP contribution in [-0.2, 0) is 11.3 Å². The van der Waals surface area contributed by atoms with E-state index in [1.165, 1.54) is 11.8 Å². The van der Waals surface area contributed by atoms with Gasteiger partial charge < -0.3 is 10.1 Å². The van der Waals surface area contributed by atoms with Crippen LogP contribution in [0.1, 0.15) is 12.5 Å². The Hall–Kier alpha value is -1.72. The van der Waals surface area contributed by atoms with Gasteiger partial charge in [-0.2, -0.15) is 0 Å². The van der Waals surface area contributed by atoms with Crippen LogP contribution in [0.25, 0.3) is 0 Å². The van der Waals surface area contributed by atoms with Gasteiger partial charge >= 0.3 is 0 Å². The average Bonchev–Trinajstić information content (AvgIpc) is 2.54. The maximum absolute atomic E-state index is 12.2. The Labute approximate surface area is 139 Å². The number of ether oxygens (including phenoxy) is 1. The second-order valence-electron chi connectivity index (χ2n) is 4.58. The summed E-state index contributed by atoms with van der Waals surface area (Å²) >= 11 is 7.39. The molecular formula is C16H17ClN2O2S. The molecule has 1 amide bonds. The SMILES string of the molecule is COc1ccccc1CNC(=O)C(C)Sc1ncccc1Cl. The summed E-state index contributed by atoms with van der Waals surface area (Å²) in [5.74, 6) is 0.688. The molecule has 4 nitrogen and oxygen atoms in total. The molecule has 0 aliphatic heterocycles. The number of hydrogen-bond acceptors (Lipinski definition) is 4. The Morgan fingerprint density at radius 2 is 2.14 bits per heavy atom. The van der Waals surface area contributed by atoms with Crippen molar-refractivity contribution in [2.24, 2.45) is 0 Å². The summed E-state index contributed by atoms with van der Waals surface area (Å²) in [4.78, 5) is 16.4. The zero-order chi connectivity index (χ0) is 15.9. The summed E-state index contributed by atoms with van der Waals surface area (Å²) in [5.41, 5.74) is 0.936. The fraction of sp³-hybridized carbons (Fsp3) is 0.250. The monoisotopic (exact) mass is 336 g/mol. The summed E-state index contributed by atoms with van der Waals surface area (Å²) in [6, 6.07) is 11.1. The highest BCUT2D eigenvalue weighted by molar-refractivity contribution is 8.00. The van der Waals surface area contributed by atoms with Crippen LogP contribution in [0.5, 0.6) is 5.75 Å². The first kappa shape index (κ1) is 16.6. The van der Waals surface area contributed by atoms with Gasteiger partial charge in [0.15, 0.2) is 0 Å². The van der Waals surface area contributed by atoms with Crippen LogP contribution in [0.3, 0.4) is 0 Å². The van der Waals surface area contributed by atoms with Gasteiger partial charge in [0.2, 0.25) is 5.91 Å². The summed E-state index contributed by atoms with van der Waals surface area (Å²) in [7, 11) is 1.61. The molecule has 1 aromatic carbocycles. The largest absolute Gasteiger partial charge is 0.496 e. The van der Waals surface area contributed by atoms with Gasteiger partial charge in [-0.15, -0.1) is 0 Å². The number of aromatic nitrogens is 1. The van der Waals surface area contributed by atoms with Gasteiger partial charge in [0.25, 0.3) is 0 Å². The van der Waals surface area contributed by atoms with Crippen molar-refractivity contribution in [3.8, 4) is 5.75 Å². The molecule has 1 aromatic heterocycles. The van der Waals surface area contributed by atoms with Crippen molar-refractivity contribution in [3.05, 3.63) is 53.2 Å². The zero-order valence-corrected chi connectivity index (χ0v) is 13.9. The Kier molecular flexibility index (Phi) is 6.10. The van der Waals surface area contributed by atoms with E-state index in [9.17, 15) is 4.79 Å². The van der Waals surface area contributed by atoms with E-state index in [2.05, 4.69) is 10.3 Å². The number of amides is 1. The molecule has 0 spiro atoms. The van der Waals surface area contributed by atoms with Crippen molar-refractivity contribution < 1.29 is 9.53 Å². The molecule has 116 valence electrons. The Morgan fingerprint density at radius 1 is 1.36 bits per heavy atom. The number of para-hydroxylation sites is 1. The minimum Gasteiger partial charge on any atom is -0.496 e. The summed E-state index contributed by atoms with van der Waals surface area (Å²) in [6.07, 6.45) is 1.66. The van der Waals surface area contributed by atoms with Gasteiger partial charge in [0.1, 0.15) is 10.8 Å². The number of hydrogen-bond donors (Lipinski definition) is 1. The molecular weight excluding hydrogens is 320 g/mol. The summed E-state index contributed by atoms with van der Waals surface area (Å²) in [5, 5.41) is 3.82. The fourth-order valence-electron chi connectivity index (χ4n) is 1.85. The first-order valence-electron chi connectivity index (χ1n) is 6.78. The number of carbonyl (C=O) groups excluding carboxylic acids is 1. The molecule has 1 N–H and O–H groups in total. The normalized spacial score (nSPS) is 11.8. The standard InChI is InChI=1S/C16H17ClN2O2S/c1-11(22-16-13(17)7-5-9-18-16)15(20)19-10-12-6-3-4-8-14(12)21-2/h3-9,11H,10H2,1-2H3,(H,19,20). The van der Waals surface area contributed by atoms with Crippen LogP contribution in [0.4, 0.5) is 0 Å². The average molecular weight is 337 g/mol. The molecule has 0 saturated heterocycles. The first-order valence-corrected chi connectivity index (χ1v) is 8.04. The number of carbonyl (C=O) groups is 1. The van der Waals surface area contributed by atoms with Crippen LogP contribution < -0.4 is 10.1 Å². The molecule has 1 unspecified atom stereocenters. The topological polar surface area (TPSA) is 51.2 Å². The lowest BCUT2D eigenvalue weighted by Crippen LogP contribution is -2.30. The molecule has 6 heteroatoms. The number of rotatable bonds is 6. The molecule has 2 aromatic rings. The number of nitrogens with zero attached hydrogens (tertiary/aromatic N) is 1. The van der Waals surface area contributed by atoms with Crippen LogP contribution in [0.15, 0.2) is 47.6 Å². The molecule has 0 aliphatic rings. The highest BCUT2D eigenvalue weighted by Gasteiger charge is 2.16. The highest BCUT2D eigenvalue weighted by Crippen LogP contribution is 2.28. The Morgan fingerprint density at radius 3 is 2.86 bits per heavy atom. The molecule has 0 aliphatic carbocycles. The van der Waals surface area contributed by atoms with Crippen LogP contribution in [-0.4, -0.2) is 23.3 Å². The molecule has 0 radical (unpaired) electrons. The van der Waals surface area contributed by atoms with Gasteiger partial charge in [-0.05, 0) is 25.1 Å². The number of nitrogens with one attached hydrogen (secondary N) is 1. The van der Waals surface area contributed by atoms with Gasteiger partial charge in [-0.3, -0.25) is 4.79 Å². The van der Waals surface area contributed by atoms with E-state index in [4.69, 9.17) is 16.3 Å². The number of halogens is 1. The molecule has 1 heterocycles. The van der Waals surface area contributed by atoms with Crippen LogP contribution in [0.2, 0.25) is 5.02 Å². The predicted octanol–water partition coefficient (Wildman–Crippen LogP) is 3.54. The van der Waals surface area contributed by atoms with Gasteiger partial charge in [0.05, 0.1) is 17.4 Å². The Bertz CT molecular complexity index is 652. The quantitative estimate of drug-likeness (QED) is 0.820. The summed E-state index contributed by atoms with van der Waals surface area (Å²) in [6.45, 7) is 2.25. The maximum atomic E-state index is 12.2. The lowest BCUT2D eigenvalue weighted by atomic mass is 10.2. The van der Waals surface area contributed by atoms with Gasteiger partial charge in [-0.1, -0.05) is 41.6 Å². The van der Waals surface area contributed by atoms with Crippen molar-refractivity contribution in [3.63, 3.8) is 0 Å². The fourth-order valence-corrected chi connectivity index (χ4v) is 2.94. The predicted molar refractivity (Wildman–Crippen MR) is 89.4 cm³/mol. The van der Waals surface area contributed by atoms with Crippen molar-refractivity contribution >= 4 is 29.3 Å². The summed E-state index contributed by atoms with van der Waals surface area (Å²) < 4.78 is 5.27. The third kappa shape index (κ3) is 4.39. The number of benzene rings is 1. The third-order valence-corrected chi connectivity index (χ3v) is 4.56. The number of thioether (sulfide) groups is 1.